The zero-order valence-corrected chi connectivity index (χ0v) is 16.4. The van der Waals surface area contributed by atoms with Gasteiger partial charge in [-0.25, -0.2) is 18.8 Å². The van der Waals surface area contributed by atoms with Crippen LogP contribution in [0.4, 0.5) is 8.78 Å². The average Bonchev–Trinajstić information content (AvgIpc) is 3.21. The number of carbonyl (C=O) groups is 1. The summed E-state index contributed by atoms with van der Waals surface area (Å²) in [5, 5.41) is 15.3. The van der Waals surface area contributed by atoms with E-state index < -0.39 is 28.7 Å². The van der Waals surface area contributed by atoms with Gasteiger partial charge < -0.3 is 9.84 Å². The number of hydrogen-bond acceptors (Lipinski definition) is 6. The van der Waals surface area contributed by atoms with E-state index in [2.05, 4.69) is 10.1 Å². The Balaban J connectivity index is 1.80. The lowest BCUT2D eigenvalue weighted by Gasteiger charge is -2.22. The molecule has 4 rings (SSSR count). The van der Waals surface area contributed by atoms with Crippen LogP contribution in [-0.4, -0.2) is 33.2 Å². The molecule has 30 heavy (non-hydrogen) atoms. The number of phenols is 1. The fourth-order valence-corrected chi connectivity index (χ4v) is 4.14. The van der Waals surface area contributed by atoms with Crippen LogP contribution in [0, 0.1) is 11.6 Å². The number of carbonyl (C=O) groups excluding carboxylic acids is 1. The van der Waals surface area contributed by atoms with E-state index in [1.165, 1.54) is 43.1 Å². The van der Waals surface area contributed by atoms with Crippen molar-refractivity contribution in [3.05, 3.63) is 89.1 Å². The highest BCUT2D eigenvalue weighted by atomic mass is 32.2. The van der Waals surface area contributed by atoms with Crippen molar-refractivity contribution in [3.63, 3.8) is 0 Å². The Kier molecular flexibility index (Phi) is 5.37. The molecule has 0 saturated heterocycles. The Labute approximate surface area is 174 Å². The van der Waals surface area contributed by atoms with Gasteiger partial charge in [0.1, 0.15) is 16.2 Å². The fourth-order valence-electron chi connectivity index (χ4n) is 2.97. The number of halogens is 2. The summed E-state index contributed by atoms with van der Waals surface area (Å²) in [5.74, 6) is -2.47. The van der Waals surface area contributed by atoms with E-state index >= 15 is 0 Å². The third kappa shape index (κ3) is 3.59. The number of aromatic nitrogens is 1. The molecule has 1 aromatic heterocycles. The largest absolute Gasteiger partial charge is 0.504 e. The first-order valence-corrected chi connectivity index (χ1v) is 9.68. The molecule has 6 nitrogen and oxygen atoms in total. The van der Waals surface area contributed by atoms with Crippen molar-refractivity contribution in [2.75, 3.05) is 7.11 Å². The van der Waals surface area contributed by atoms with Gasteiger partial charge in [0, 0.05) is 17.3 Å². The van der Waals surface area contributed by atoms with Crippen molar-refractivity contribution in [3.8, 4) is 11.6 Å². The average molecular weight is 427 g/mol. The molecule has 1 aliphatic rings. The molecular weight excluding hydrogens is 412 g/mol. The number of nitrogens with zero attached hydrogens (tertiary/aromatic N) is 3. The minimum atomic E-state index is -0.911. The molecule has 0 bridgehead atoms. The summed E-state index contributed by atoms with van der Waals surface area (Å²) in [6, 6.07) is 12.8. The van der Waals surface area contributed by atoms with Crippen molar-refractivity contribution in [2.24, 2.45) is 5.10 Å². The molecule has 0 spiro atoms. The van der Waals surface area contributed by atoms with Crippen molar-refractivity contribution in [1.29, 1.82) is 0 Å². The van der Waals surface area contributed by atoms with Gasteiger partial charge in [0.2, 0.25) is 5.88 Å². The quantitative estimate of drug-likeness (QED) is 0.671. The molecule has 152 valence electrons. The predicted molar refractivity (Wildman–Crippen MR) is 108 cm³/mol. The molecule has 0 radical (unpaired) electrons. The Bertz CT molecular complexity index is 1140. The maximum absolute atomic E-state index is 13.8. The van der Waals surface area contributed by atoms with E-state index in [4.69, 9.17) is 4.74 Å². The van der Waals surface area contributed by atoms with Gasteiger partial charge in [-0.3, -0.25) is 4.79 Å². The molecule has 2 heterocycles. The van der Waals surface area contributed by atoms with E-state index in [9.17, 15) is 18.7 Å². The summed E-state index contributed by atoms with van der Waals surface area (Å²) in [6.45, 7) is 0. The van der Waals surface area contributed by atoms with Gasteiger partial charge in [-0.15, -0.1) is 0 Å². The van der Waals surface area contributed by atoms with E-state index in [0.29, 0.717) is 22.1 Å². The van der Waals surface area contributed by atoms with Crippen LogP contribution in [0.2, 0.25) is 0 Å². The SMILES string of the molecule is COc1ncccc1C1SC(c2ccc(F)cc2)=NN1C(=O)c1cccc(F)c1O. The van der Waals surface area contributed by atoms with Crippen molar-refractivity contribution in [2.45, 2.75) is 5.37 Å². The van der Waals surface area contributed by atoms with Crippen LogP contribution in [-0.2, 0) is 0 Å². The summed E-state index contributed by atoms with van der Waals surface area (Å²) in [7, 11) is 1.46. The van der Waals surface area contributed by atoms with Gasteiger partial charge in [-0.2, -0.15) is 5.10 Å². The topological polar surface area (TPSA) is 75.0 Å². The number of aromatic hydroxyl groups is 1. The number of benzene rings is 2. The molecule has 1 amide bonds. The lowest BCUT2D eigenvalue weighted by atomic mass is 10.1. The van der Waals surface area contributed by atoms with E-state index in [1.54, 1.807) is 30.5 Å². The smallest absolute Gasteiger partial charge is 0.279 e. The number of para-hydroxylation sites is 1. The second-order valence-corrected chi connectivity index (χ2v) is 7.34. The standard InChI is InChI=1S/C21H15F2N3O3S/c1-29-18-15(5-3-11-24-18)21-26(20(28)14-4-2-6-16(23)17(14)27)25-19(30-21)12-7-9-13(22)10-8-12/h2-11,21,27H,1H3. The van der Waals surface area contributed by atoms with Crippen molar-refractivity contribution in [1.82, 2.24) is 9.99 Å². The molecule has 9 heteroatoms. The third-order valence-corrected chi connectivity index (χ3v) is 5.64. The van der Waals surface area contributed by atoms with Gasteiger partial charge in [0.15, 0.2) is 11.6 Å². The number of hydrogen-bond donors (Lipinski definition) is 1. The second-order valence-electron chi connectivity index (χ2n) is 6.27. The molecule has 0 saturated carbocycles. The Hall–Kier alpha value is -3.46. The molecule has 1 unspecified atom stereocenters. The molecular formula is C21H15F2N3O3S. The van der Waals surface area contributed by atoms with Crippen LogP contribution < -0.4 is 4.74 Å². The number of methoxy groups -OCH3 is 1. The first-order valence-electron chi connectivity index (χ1n) is 8.80. The highest BCUT2D eigenvalue weighted by Gasteiger charge is 2.37. The molecule has 1 atom stereocenters. The maximum Gasteiger partial charge on any atom is 0.279 e. The lowest BCUT2D eigenvalue weighted by Crippen LogP contribution is -2.26. The van der Waals surface area contributed by atoms with Gasteiger partial charge in [-0.05, 0) is 48.5 Å². The zero-order valence-electron chi connectivity index (χ0n) is 15.6. The van der Waals surface area contributed by atoms with E-state index in [1.807, 2.05) is 0 Å². The summed E-state index contributed by atoms with van der Waals surface area (Å²) >= 11 is 1.23. The minimum absolute atomic E-state index is 0.229. The number of ether oxygens (including phenoxy) is 1. The second kappa shape index (κ2) is 8.11. The summed E-state index contributed by atoms with van der Waals surface area (Å²) in [5.41, 5.74) is 0.940. The van der Waals surface area contributed by atoms with Crippen LogP contribution >= 0.6 is 11.8 Å². The lowest BCUT2D eigenvalue weighted by molar-refractivity contribution is 0.0743. The van der Waals surface area contributed by atoms with E-state index in [-0.39, 0.29) is 5.56 Å². The molecule has 0 aliphatic carbocycles. The highest BCUT2D eigenvalue weighted by molar-refractivity contribution is 8.14. The maximum atomic E-state index is 13.8. The monoisotopic (exact) mass is 427 g/mol. The minimum Gasteiger partial charge on any atom is -0.504 e. The Morgan fingerprint density at radius 1 is 1.13 bits per heavy atom. The van der Waals surface area contributed by atoms with Crippen LogP contribution in [0.3, 0.4) is 0 Å². The Morgan fingerprint density at radius 3 is 2.63 bits per heavy atom. The predicted octanol–water partition coefficient (Wildman–Crippen LogP) is 4.32. The molecule has 3 aromatic rings. The number of rotatable bonds is 4. The molecule has 0 fully saturated rings. The third-order valence-electron chi connectivity index (χ3n) is 4.42. The first kappa shape index (κ1) is 19.8. The summed E-state index contributed by atoms with van der Waals surface area (Å²) < 4.78 is 32.5. The molecule has 1 N–H and O–H groups in total. The fraction of sp³-hybridized carbons (Fsp3) is 0.0952. The first-order chi connectivity index (χ1) is 14.5. The van der Waals surface area contributed by atoms with Gasteiger partial charge >= 0.3 is 0 Å². The van der Waals surface area contributed by atoms with Crippen LogP contribution in [0.5, 0.6) is 11.6 Å². The van der Waals surface area contributed by atoms with Gasteiger partial charge in [-0.1, -0.05) is 17.8 Å². The number of hydrazone groups is 1. The van der Waals surface area contributed by atoms with Crippen LogP contribution in [0.25, 0.3) is 0 Å². The van der Waals surface area contributed by atoms with Gasteiger partial charge in [0.25, 0.3) is 5.91 Å². The molecule has 2 aromatic carbocycles. The normalized spacial score (nSPS) is 15.8. The summed E-state index contributed by atoms with van der Waals surface area (Å²) in [6.07, 6.45) is 1.55. The number of thioether (sulfide) groups is 1. The van der Waals surface area contributed by atoms with Crippen LogP contribution in [0.1, 0.15) is 26.9 Å². The number of amides is 1. The highest BCUT2D eigenvalue weighted by Crippen LogP contribution is 2.45. The van der Waals surface area contributed by atoms with Crippen molar-refractivity contribution < 1.29 is 23.4 Å². The van der Waals surface area contributed by atoms with E-state index in [0.717, 1.165) is 11.1 Å². The number of phenolic OH excluding ortho intramolecular Hbond substituents is 1. The molecule has 1 aliphatic heterocycles. The number of pyridine rings is 1. The summed E-state index contributed by atoms with van der Waals surface area (Å²) in [4.78, 5) is 17.4. The van der Waals surface area contributed by atoms with Gasteiger partial charge in [0.05, 0.1) is 12.7 Å². The van der Waals surface area contributed by atoms with Crippen molar-refractivity contribution >= 4 is 22.7 Å². The Morgan fingerprint density at radius 2 is 1.90 bits per heavy atom. The van der Waals surface area contributed by atoms with Crippen LogP contribution in [0.15, 0.2) is 65.9 Å². The zero-order chi connectivity index (χ0) is 21.3.